The molecule has 0 bridgehead atoms. The molecule has 1 saturated carbocycles. The van der Waals surface area contributed by atoms with Crippen molar-refractivity contribution in [3.8, 4) is 0 Å². The topological polar surface area (TPSA) is 69.6 Å². The summed E-state index contributed by atoms with van der Waals surface area (Å²) in [6, 6.07) is 8.36. The number of rotatable bonds is 8. The van der Waals surface area contributed by atoms with Gasteiger partial charge in [-0.3, -0.25) is 4.90 Å². The minimum atomic E-state index is -3.25. The third-order valence-corrected chi connectivity index (χ3v) is 6.09. The molecule has 0 amide bonds. The quantitative estimate of drug-likeness (QED) is 0.745. The molecule has 1 fully saturated rings. The van der Waals surface area contributed by atoms with Crippen LogP contribution in [0.25, 0.3) is 0 Å². The summed E-state index contributed by atoms with van der Waals surface area (Å²) < 4.78 is 26.3. The second-order valence-corrected chi connectivity index (χ2v) is 8.73. The number of aliphatic hydroxyl groups is 1. The molecule has 2 aliphatic rings. The Balaban J connectivity index is 1.41. The van der Waals surface area contributed by atoms with E-state index in [0.717, 1.165) is 38.8 Å². The molecule has 0 saturated heterocycles. The lowest BCUT2D eigenvalue weighted by molar-refractivity contribution is 0.108. The molecular weight excluding hydrogens is 312 g/mol. The van der Waals surface area contributed by atoms with Gasteiger partial charge in [0.15, 0.2) is 0 Å². The Morgan fingerprint density at radius 3 is 2.74 bits per heavy atom. The number of hydrogen-bond acceptors (Lipinski definition) is 4. The predicted octanol–water partition coefficient (Wildman–Crippen LogP) is 1.13. The Bertz CT molecular complexity index is 628. The van der Waals surface area contributed by atoms with Gasteiger partial charge in [0.2, 0.25) is 10.0 Å². The van der Waals surface area contributed by atoms with E-state index < -0.39 is 16.1 Å². The van der Waals surface area contributed by atoms with Crippen LogP contribution in [0, 0.1) is 5.92 Å². The van der Waals surface area contributed by atoms with Crippen LogP contribution in [0.15, 0.2) is 24.3 Å². The molecule has 23 heavy (non-hydrogen) atoms. The minimum absolute atomic E-state index is 0.102. The molecule has 1 aromatic carbocycles. The van der Waals surface area contributed by atoms with E-state index in [2.05, 4.69) is 27.8 Å². The van der Waals surface area contributed by atoms with E-state index in [4.69, 9.17) is 0 Å². The molecular formula is C17H26N2O3S. The van der Waals surface area contributed by atoms with Gasteiger partial charge in [-0.25, -0.2) is 13.1 Å². The maximum atomic E-state index is 11.9. The van der Waals surface area contributed by atoms with Gasteiger partial charge in [0.25, 0.3) is 0 Å². The lowest BCUT2D eigenvalue weighted by Crippen LogP contribution is -2.42. The maximum Gasteiger partial charge on any atom is 0.211 e. The van der Waals surface area contributed by atoms with Gasteiger partial charge in [-0.2, -0.15) is 0 Å². The van der Waals surface area contributed by atoms with Crippen LogP contribution < -0.4 is 4.72 Å². The van der Waals surface area contributed by atoms with Crippen LogP contribution in [0.5, 0.6) is 0 Å². The summed E-state index contributed by atoms with van der Waals surface area (Å²) in [6.45, 7) is 2.33. The van der Waals surface area contributed by atoms with Gasteiger partial charge in [0.05, 0.1) is 11.9 Å². The first kappa shape index (κ1) is 16.9. The molecule has 1 atom stereocenters. The number of nitrogens with zero attached hydrogens (tertiary/aromatic N) is 1. The molecule has 0 aromatic heterocycles. The van der Waals surface area contributed by atoms with E-state index in [1.54, 1.807) is 0 Å². The Labute approximate surface area is 138 Å². The Hall–Kier alpha value is -0.950. The lowest BCUT2D eigenvalue weighted by Gasteiger charge is -2.30. The highest BCUT2D eigenvalue weighted by molar-refractivity contribution is 7.89. The van der Waals surface area contributed by atoms with Gasteiger partial charge in [0, 0.05) is 26.2 Å². The van der Waals surface area contributed by atoms with Crippen molar-refractivity contribution >= 4 is 10.0 Å². The fourth-order valence-corrected chi connectivity index (χ4v) is 4.33. The highest BCUT2D eigenvalue weighted by Crippen LogP contribution is 2.32. The van der Waals surface area contributed by atoms with E-state index in [-0.39, 0.29) is 12.3 Å². The summed E-state index contributed by atoms with van der Waals surface area (Å²) in [4.78, 5) is 2.19. The van der Waals surface area contributed by atoms with Crippen LogP contribution in [0.2, 0.25) is 0 Å². The number of β-amino-alcohol motifs (C(OH)–C–C–N with tert-alkyl or cyclic N) is 1. The first-order chi connectivity index (χ1) is 11.0. The molecule has 1 aliphatic heterocycles. The van der Waals surface area contributed by atoms with Crippen molar-refractivity contribution in [1.29, 1.82) is 0 Å². The average Bonchev–Trinajstić information content (AvgIpc) is 3.36. The monoisotopic (exact) mass is 338 g/mol. The van der Waals surface area contributed by atoms with Gasteiger partial charge in [0.1, 0.15) is 0 Å². The molecule has 6 heteroatoms. The van der Waals surface area contributed by atoms with Crippen molar-refractivity contribution in [2.75, 3.05) is 25.4 Å². The van der Waals surface area contributed by atoms with Crippen LogP contribution in [0.4, 0.5) is 0 Å². The highest BCUT2D eigenvalue weighted by Gasteiger charge is 2.24. The molecule has 0 spiro atoms. The van der Waals surface area contributed by atoms with Crippen molar-refractivity contribution in [3.05, 3.63) is 35.4 Å². The average molecular weight is 338 g/mol. The summed E-state index contributed by atoms with van der Waals surface area (Å²) in [5, 5.41) is 10.1. The molecule has 1 unspecified atom stereocenters. The number of fused-ring (bicyclic) bond motifs is 1. The first-order valence-electron chi connectivity index (χ1n) is 8.46. The van der Waals surface area contributed by atoms with Crippen molar-refractivity contribution in [1.82, 2.24) is 9.62 Å². The second-order valence-electron chi connectivity index (χ2n) is 6.81. The number of hydrogen-bond donors (Lipinski definition) is 2. The summed E-state index contributed by atoms with van der Waals surface area (Å²) in [6.07, 6.45) is 3.38. The molecule has 128 valence electrons. The van der Waals surface area contributed by atoms with E-state index in [1.165, 1.54) is 11.1 Å². The molecule has 1 aliphatic carbocycles. The summed E-state index contributed by atoms with van der Waals surface area (Å²) in [7, 11) is -3.25. The number of nitrogens with one attached hydrogen (secondary N) is 1. The SMILES string of the molecule is O=S(=O)(CCC1CC1)NCC(O)CN1CCc2ccccc2C1. The molecule has 1 aromatic rings. The molecule has 0 radical (unpaired) electrons. The van der Waals surface area contributed by atoms with E-state index in [0.29, 0.717) is 12.5 Å². The van der Waals surface area contributed by atoms with Crippen molar-refractivity contribution in [3.63, 3.8) is 0 Å². The smallest absolute Gasteiger partial charge is 0.211 e. The zero-order chi connectivity index (χ0) is 16.3. The summed E-state index contributed by atoms with van der Waals surface area (Å²) in [5.41, 5.74) is 2.68. The second kappa shape index (κ2) is 7.30. The maximum absolute atomic E-state index is 11.9. The summed E-state index contributed by atoms with van der Waals surface area (Å²) >= 11 is 0. The number of benzene rings is 1. The number of aliphatic hydroxyl groups excluding tert-OH is 1. The molecule has 5 nitrogen and oxygen atoms in total. The van der Waals surface area contributed by atoms with Crippen LogP contribution in [0.3, 0.4) is 0 Å². The molecule has 3 rings (SSSR count). The normalized spacial score (nSPS) is 20.2. The van der Waals surface area contributed by atoms with Gasteiger partial charge >= 0.3 is 0 Å². The van der Waals surface area contributed by atoms with Crippen LogP contribution >= 0.6 is 0 Å². The minimum Gasteiger partial charge on any atom is -0.390 e. The fourth-order valence-electron chi connectivity index (χ4n) is 3.10. The zero-order valence-corrected chi connectivity index (χ0v) is 14.3. The zero-order valence-electron chi connectivity index (χ0n) is 13.4. The standard InChI is InChI=1S/C17H26N2O3S/c20-17(11-18-23(21,22)10-8-14-5-6-14)13-19-9-7-15-3-1-2-4-16(15)12-19/h1-4,14,17-18,20H,5-13H2. The van der Waals surface area contributed by atoms with Crippen molar-refractivity contribution in [2.24, 2.45) is 5.92 Å². The van der Waals surface area contributed by atoms with Crippen molar-refractivity contribution < 1.29 is 13.5 Å². The predicted molar refractivity (Wildman–Crippen MR) is 90.6 cm³/mol. The Morgan fingerprint density at radius 2 is 2.00 bits per heavy atom. The van der Waals surface area contributed by atoms with E-state index in [1.807, 2.05) is 6.07 Å². The van der Waals surface area contributed by atoms with Gasteiger partial charge in [-0.1, -0.05) is 37.1 Å². The van der Waals surface area contributed by atoms with Gasteiger partial charge in [-0.15, -0.1) is 0 Å². The van der Waals surface area contributed by atoms with Crippen LogP contribution in [-0.4, -0.2) is 49.9 Å². The fraction of sp³-hybridized carbons (Fsp3) is 0.647. The lowest BCUT2D eigenvalue weighted by atomic mass is 10.00. The Kier molecular flexibility index (Phi) is 5.36. The highest BCUT2D eigenvalue weighted by atomic mass is 32.2. The van der Waals surface area contributed by atoms with Gasteiger partial charge in [-0.05, 0) is 29.9 Å². The van der Waals surface area contributed by atoms with Crippen molar-refractivity contribution in [2.45, 2.75) is 38.3 Å². The van der Waals surface area contributed by atoms with E-state index >= 15 is 0 Å². The van der Waals surface area contributed by atoms with Crippen LogP contribution in [0.1, 0.15) is 30.4 Å². The first-order valence-corrected chi connectivity index (χ1v) is 10.1. The number of sulfonamides is 1. The van der Waals surface area contributed by atoms with E-state index in [9.17, 15) is 13.5 Å². The summed E-state index contributed by atoms with van der Waals surface area (Å²) in [5.74, 6) is 0.784. The van der Waals surface area contributed by atoms with Crippen LogP contribution in [-0.2, 0) is 23.0 Å². The molecule has 2 N–H and O–H groups in total. The third-order valence-electron chi connectivity index (χ3n) is 4.71. The Morgan fingerprint density at radius 1 is 1.26 bits per heavy atom. The largest absolute Gasteiger partial charge is 0.390 e. The third kappa shape index (κ3) is 5.28. The van der Waals surface area contributed by atoms with Gasteiger partial charge < -0.3 is 5.11 Å². The molecule has 1 heterocycles.